The van der Waals surface area contributed by atoms with E-state index in [0.29, 0.717) is 18.0 Å². The topological polar surface area (TPSA) is 29.5 Å². The van der Waals surface area contributed by atoms with E-state index in [4.69, 9.17) is 12.6 Å². The highest BCUT2D eigenvalue weighted by atomic mass is 16.5. The molecule has 1 aromatic carbocycles. The van der Waals surface area contributed by atoms with Gasteiger partial charge in [-0.2, -0.15) is 0 Å². The summed E-state index contributed by atoms with van der Waals surface area (Å²) in [4.78, 5) is 0. The molecule has 2 atom stereocenters. The molecule has 2 radical (unpaired) electrons. The van der Waals surface area contributed by atoms with Crippen molar-refractivity contribution in [1.82, 2.24) is 0 Å². The average Bonchev–Trinajstić information content (AvgIpc) is 2.36. The van der Waals surface area contributed by atoms with Gasteiger partial charge in [0.2, 0.25) is 0 Å². The van der Waals surface area contributed by atoms with Crippen molar-refractivity contribution in [3.63, 3.8) is 0 Å². The predicted octanol–water partition coefficient (Wildman–Crippen LogP) is 3.67. The maximum Gasteiger partial charge on any atom is 0.127 e. The lowest BCUT2D eigenvalue weighted by molar-refractivity contribution is 0.0107. The molecule has 1 aromatic rings. The van der Waals surface area contributed by atoms with Crippen LogP contribution in [0.5, 0.6) is 11.5 Å². The molecule has 0 amide bonds. The van der Waals surface area contributed by atoms with E-state index >= 15 is 0 Å². The van der Waals surface area contributed by atoms with Crippen LogP contribution in [-0.4, -0.2) is 18.6 Å². The van der Waals surface area contributed by atoms with Gasteiger partial charge < -0.3 is 9.84 Å². The number of hydrogen-bond donors (Lipinski definition) is 1. The number of phenolic OH excluding ortho intramolecular Hbond substituents is 1. The summed E-state index contributed by atoms with van der Waals surface area (Å²) in [5, 5.41) is 10.4. The van der Waals surface area contributed by atoms with Gasteiger partial charge in [0.1, 0.15) is 17.1 Å². The molecule has 2 aliphatic rings. The first-order valence-corrected chi connectivity index (χ1v) is 7.34. The van der Waals surface area contributed by atoms with Crippen molar-refractivity contribution in [3.8, 4) is 11.5 Å². The molecule has 1 heterocycles. The van der Waals surface area contributed by atoms with E-state index < -0.39 is 0 Å². The van der Waals surface area contributed by atoms with Crippen LogP contribution in [0.2, 0.25) is 0 Å². The molecule has 0 aromatic heterocycles. The monoisotopic (exact) mass is 268 g/mol. The van der Waals surface area contributed by atoms with Crippen LogP contribution in [-0.2, 0) is 6.32 Å². The Hall–Kier alpha value is -1.38. The van der Waals surface area contributed by atoms with E-state index in [2.05, 4.69) is 26.8 Å². The van der Waals surface area contributed by atoms with Gasteiger partial charge in [0.25, 0.3) is 0 Å². The molecule has 3 rings (SSSR count). The lowest BCUT2D eigenvalue weighted by atomic mass is 9.68. The number of aromatic hydroxyl groups is 1. The standard InChI is InChI=1S/C17H21BO2/c1-10-4-5-13-12(6-10)16-14(19)7-11(9-18)8-15(16)20-17(13,2)3/h6-8,12-13,19H,4-5,9H2,1-3H3/t12-,13-/m0/s1. The quantitative estimate of drug-likeness (QED) is 0.622. The van der Waals surface area contributed by atoms with Crippen LogP contribution >= 0.6 is 0 Å². The highest BCUT2D eigenvalue weighted by molar-refractivity contribution is 6.08. The van der Waals surface area contributed by atoms with Gasteiger partial charge in [-0.15, -0.1) is 0 Å². The Balaban J connectivity index is 2.18. The fourth-order valence-electron chi connectivity index (χ4n) is 3.70. The van der Waals surface area contributed by atoms with E-state index in [1.54, 1.807) is 6.07 Å². The molecular weight excluding hydrogens is 247 g/mol. The smallest absolute Gasteiger partial charge is 0.127 e. The number of benzene rings is 1. The minimum absolute atomic E-state index is 0.214. The third-order valence-corrected chi connectivity index (χ3v) is 4.76. The van der Waals surface area contributed by atoms with Crippen molar-refractivity contribution in [2.45, 2.75) is 51.5 Å². The van der Waals surface area contributed by atoms with E-state index in [1.165, 1.54) is 5.57 Å². The van der Waals surface area contributed by atoms with Gasteiger partial charge in [0, 0.05) is 17.4 Å². The first-order valence-electron chi connectivity index (χ1n) is 7.34. The summed E-state index contributed by atoms with van der Waals surface area (Å²) in [5.41, 5.74) is 3.03. The Bertz CT molecular complexity index is 575. The number of ether oxygens (including phenoxy) is 1. The first kappa shape index (κ1) is 13.6. The zero-order chi connectivity index (χ0) is 14.5. The Labute approximate surface area is 122 Å². The minimum atomic E-state index is -0.214. The van der Waals surface area contributed by atoms with Crippen molar-refractivity contribution in [2.75, 3.05) is 0 Å². The predicted molar refractivity (Wildman–Crippen MR) is 81.5 cm³/mol. The van der Waals surface area contributed by atoms with E-state index in [1.807, 2.05) is 6.07 Å². The third kappa shape index (κ3) is 2.04. The second-order valence-corrected chi connectivity index (χ2v) is 6.62. The Morgan fingerprint density at radius 3 is 2.85 bits per heavy atom. The second kappa shape index (κ2) is 4.58. The molecule has 0 saturated heterocycles. The van der Waals surface area contributed by atoms with Crippen molar-refractivity contribution in [3.05, 3.63) is 34.9 Å². The summed E-state index contributed by atoms with van der Waals surface area (Å²) in [7, 11) is 5.69. The van der Waals surface area contributed by atoms with Crippen molar-refractivity contribution in [2.24, 2.45) is 5.92 Å². The van der Waals surface area contributed by atoms with Crippen LogP contribution in [0.25, 0.3) is 0 Å². The van der Waals surface area contributed by atoms with Gasteiger partial charge in [-0.1, -0.05) is 18.0 Å². The molecule has 0 fully saturated rings. The van der Waals surface area contributed by atoms with Gasteiger partial charge in [-0.3, -0.25) is 0 Å². The summed E-state index contributed by atoms with van der Waals surface area (Å²) in [5.74, 6) is 1.77. The highest BCUT2D eigenvalue weighted by Gasteiger charge is 2.45. The number of fused-ring (bicyclic) bond motifs is 3. The van der Waals surface area contributed by atoms with Crippen molar-refractivity contribution >= 4 is 7.85 Å². The molecule has 0 spiro atoms. The van der Waals surface area contributed by atoms with Gasteiger partial charge in [0.15, 0.2) is 0 Å². The zero-order valence-electron chi connectivity index (χ0n) is 12.4. The van der Waals surface area contributed by atoms with Crippen LogP contribution < -0.4 is 4.74 Å². The molecule has 0 saturated carbocycles. The highest BCUT2D eigenvalue weighted by Crippen LogP contribution is 2.53. The van der Waals surface area contributed by atoms with Gasteiger partial charge in [-0.05, 0) is 51.3 Å². The van der Waals surface area contributed by atoms with Crippen LogP contribution in [0.3, 0.4) is 0 Å². The summed E-state index contributed by atoms with van der Waals surface area (Å²) in [6.45, 7) is 6.46. The first-order chi connectivity index (χ1) is 9.42. The van der Waals surface area contributed by atoms with E-state index in [0.717, 1.165) is 29.7 Å². The molecule has 20 heavy (non-hydrogen) atoms. The fourth-order valence-corrected chi connectivity index (χ4v) is 3.70. The third-order valence-electron chi connectivity index (χ3n) is 4.76. The minimum Gasteiger partial charge on any atom is -0.507 e. The van der Waals surface area contributed by atoms with Gasteiger partial charge >= 0.3 is 0 Å². The fraction of sp³-hybridized carbons (Fsp3) is 0.529. The van der Waals surface area contributed by atoms with Crippen LogP contribution in [0, 0.1) is 5.92 Å². The Kier molecular flexibility index (Phi) is 3.11. The number of phenols is 1. The SMILES string of the molecule is [B]Cc1cc(O)c2c(c1)OC(C)(C)[C@H]1CCC(C)=C[C@H]21. The normalized spacial score (nSPS) is 27.1. The van der Waals surface area contributed by atoms with Gasteiger partial charge in [-0.25, -0.2) is 0 Å². The van der Waals surface area contributed by atoms with Crippen LogP contribution in [0.4, 0.5) is 0 Å². The summed E-state index contributed by atoms with van der Waals surface area (Å²) >= 11 is 0. The number of allylic oxidation sites excluding steroid dienone is 2. The van der Waals surface area contributed by atoms with Crippen LogP contribution in [0.1, 0.15) is 50.7 Å². The second-order valence-electron chi connectivity index (χ2n) is 6.62. The lowest BCUT2D eigenvalue weighted by Crippen LogP contribution is -2.45. The molecule has 1 aliphatic carbocycles. The van der Waals surface area contributed by atoms with E-state index in [9.17, 15) is 5.11 Å². The molecule has 104 valence electrons. The summed E-state index contributed by atoms with van der Waals surface area (Å²) in [6, 6.07) is 3.75. The molecule has 1 aliphatic heterocycles. The Morgan fingerprint density at radius 2 is 2.15 bits per heavy atom. The average molecular weight is 268 g/mol. The molecule has 3 heteroatoms. The molecule has 0 bridgehead atoms. The summed E-state index contributed by atoms with van der Waals surface area (Å²) in [6.07, 6.45) is 4.94. The maximum absolute atomic E-state index is 10.4. The van der Waals surface area contributed by atoms with Crippen LogP contribution in [0.15, 0.2) is 23.8 Å². The molecule has 0 unspecified atom stereocenters. The zero-order valence-corrected chi connectivity index (χ0v) is 12.4. The summed E-state index contributed by atoms with van der Waals surface area (Å²) < 4.78 is 6.20. The molecule has 1 N–H and O–H groups in total. The molecule has 2 nitrogen and oxygen atoms in total. The van der Waals surface area contributed by atoms with Gasteiger partial charge in [0.05, 0.1) is 7.85 Å². The van der Waals surface area contributed by atoms with Crippen molar-refractivity contribution < 1.29 is 9.84 Å². The van der Waals surface area contributed by atoms with Crippen molar-refractivity contribution in [1.29, 1.82) is 0 Å². The number of hydrogen-bond acceptors (Lipinski definition) is 2. The molecular formula is C17H21BO2. The lowest BCUT2D eigenvalue weighted by Gasteiger charge is -2.46. The number of rotatable bonds is 1. The maximum atomic E-state index is 10.4. The Morgan fingerprint density at radius 1 is 1.40 bits per heavy atom. The largest absolute Gasteiger partial charge is 0.507 e. The van der Waals surface area contributed by atoms with E-state index in [-0.39, 0.29) is 11.5 Å².